The Kier molecular flexibility index (Phi) is 6.66. The lowest BCUT2D eigenvalue weighted by molar-refractivity contribution is -0.130. The summed E-state index contributed by atoms with van der Waals surface area (Å²) in [4.78, 5) is 25.1. The summed E-state index contributed by atoms with van der Waals surface area (Å²) >= 11 is 0. The van der Waals surface area contributed by atoms with E-state index in [9.17, 15) is 14.0 Å². The fourth-order valence-electron chi connectivity index (χ4n) is 1.72. The Labute approximate surface area is 117 Å². The zero-order valence-electron chi connectivity index (χ0n) is 11.4. The highest BCUT2D eigenvalue weighted by molar-refractivity contribution is 5.96. The zero-order chi connectivity index (χ0) is 15.0. The molecule has 0 spiro atoms. The van der Waals surface area contributed by atoms with E-state index in [1.807, 2.05) is 6.92 Å². The Hall–Kier alpha value is -1.95. The van der Waals surface area contributed by atoms with E-state index < -0.39 is 11.7 Å². The smallest absolute Gasteiger partial charge is 0.251 e. The first-order valence-electron chi connectivity index (χ1n) is 6.51. The van der Waals surface area contributed by atoms with E-state index in [2.05, 4.69) is 5.32 Å². The van der Waals surface area contributed by atoms with Gasteiger partial charge in [0.25, 0.3) is 5.91 Å². The van der Waals surface area contributed by atoms with Crippen molar-refractivity contribution in [1.82, 2.24) is 10.2 Å². The molecule has 0 unspecified atom stereocenters. The molecule has 2 N–H and O–H groups in total. The van der Waals surface area contributed by atoms with Crippen LogP contribution >= 0.6 is 0 Å². The number of aliphatic hydroxyl groups is 1. The Bertz CT molecular complexity index is 465. The van der Waals surface area contributed by atoms with Gasteiger partial charge in [-0.3, -0.25) is 9.59 Å². The highest BCUT2D eigenvalue weighted by Gasteiger charge is 2.13. The van der Waals surface area contributed by atoms with Gasteiger partial charge in [-0.15, -0.1) is 0 Å². The van der Waals surface area contributed by atoms with Crippen LogP contribution in [0.15, 0.2) is 24.3 Å². The van der Waals surface area contributed by atoms with Crippen LogP contribution in [0.4, 0.5) is 4.39 Å². The molecule has 2 amide bonds. The molecule has 1 rings (SSSR count). The van der Waals surface area contributed by atoms with Crippen molar-refractivity contribution in [2.24, 2.45) is 0 Å². The fraction of sp³-hybridized carbons (Fsp3) is 0.429. The number of nitrogens with zero attached hydrogens (tertiary/aromatic N) is 1. The normalized spacial score (nSPS) is 10.2. The first-order valence-corrected chi connectivity index (χ1v) is 6.51. The molecule has 0 heterocycles. The number of carbonyl (C=O) groups is 2. The Morgan fingerprint density at radius 1 is 1.40 bits per heavy atom. The van der Waals surface area contributed by atoms with Crippen molar-refractivity contribution >= 4 is 11.8 Å². The fourth-order valence-corrected chi connectivity index (χ4v) is 1.72. The molecule has 1 aromatic carbocycles. The van der Waals surface area contributed by atoms with Crippen LogP contribution in [-0.4, -0.2) is 48.1 Å². The van der Waals surface area contributed by atoms with Gasteiger partial charge in [0.2, 0.25) is 5.91 Å². The second-order valence-electron chi connectivity index (χ2n) is 4.24. The van der Waals surface area contributed by atoms with Crippen molar-refractivity contribution in [3.63, 3.8) is 0 Å². The van der Waals surface area contributed by atoms with Gasteiger partial charge in [0.15, 0.2) is 0 Å². The monoisotopic (exact) mass is 282 g/mol. The van der Waals surface area contributed by atoms with Gasteiger partial charge in [0.1, 0.15) is 5.82 Å². The summed E-state index contributed by atoms with van der Waals surface area (Å²) in [6.07, 6.45) is 0.497. The molecule has 0 aromatic heterocycles. The van der Waals surface area contributed by atoms with Gasteiger partial charge in [0, 0.05) is 25.3 Å². The minimum absolute atomic E-state index is 0.0133. The van der Waals surface area contributed by atoms with Gasteiger partial charge in [-0.05, 0) is 31.5 Å². The molecule has 20 heavy (non-hydrogen) atoms. The maximum Gasteiger partial charge on any atom is 0.251 e. The van der Waals surface area contributed by atoms with Gasteiger partial charge < -0.3 is 15.3 Å². The predicted molar refractivity (Wildman–Crippen MR) is 72.7 cm³/mol. The summed E-state index contributed by atoms with van der Waals surface area (Å²) in [6.45, 7) is 2.65. The summed E-state index contributed by atoms with van der Waals surface area (Å²) in [5.41, 5.74) is 0.177. The molecule has 1 aromatic rings. The molecule has 0 saturated heterocycles. The second kappa shape index (κ2) is 8.27. The van der Waals surface area contributed by atoms with Crippen LogP contribution in [-0.2, 0) is 4.79 Å². The molecule has 6 heteroatoms. The molecule has 0 saturated carbocycles. The summed E-state index contributed by atoms with van der Waals surface area (Å²) in [6, 6.07) is 5.27. The summed E-state index contributed by atoms with van der Waals surface area (Å²) in [5.74, 6) is -1.22. The third-order valence-corrected chi connectivity index (χ3v) is 2.81. The van der Waals surface area contributed by atoms with E-state index in [1.165, 1.54) is 18.2 Å². The maximum absolute atomic E-state index is 13.0. The standard InChI is InChI=1S/C14H19FN2O3/c1-2-17(7-4-8-18)13(19)10-16-14(20)11-5-3-6-12(15)9-11/h3,5-6,9,18H,2,4,7-8,10H2,1H3,(H,16,20). The number of carbonyl (C=O) groups excluding carboxylic acids is 2. The van der Waals surface area contributed by atoms with E-state index in [1.54, 1.807) is 4.90 Å². The lowest BCUT2D eigenvalue weighted by atomic mass is 10.2. The zero-order valence-corrected chi connectivity index (χ0v) is 11.4. The number of hydrogen-bond acceptors (Lipinski definition) is 3. The van der Waals surface area contributed by atoms with Gasteiger partial charge in [-0.1, -0.05) is 6.07 Å². The SMILES string of the molecule is CCN(CCCO)C(=O)CNC(=O)c1cccc(F)c1. The molecule has 0 atom stereocenters. The van der Waals surface area contributed by atoms with Gasteiger partial charge in [0.05, 0.1) is 6.54 Å². The summed E-state index contributed by atoms with van der Waals surface area (Å²) < 4.78 is 13.0. The lowest BCUT2D eigenvalue weighted by Gasteiger charge is -2.20. The second-order valence-corrected chi connectivity index (χ2v) is 4.24. The molecule has 0 aliphatic heterocycles. The van der Waals surface area contributed by atoms with Crippen LogP contribution < -0.4 is 5.32 Å². The Morgan fingerprint density at radius 2 is 2.15 bits per heavy atom. The van der Waals surface area contributed by atoms with Crippen LogP contribution in [0.5, 0.6) is 0 Å². The molecule has 5 nitrogen and oxygen atoms in total. The van der Waals surface area contributed by atoms with E-state index in [0.29, 0.717) is 19.5 Å². The van der Waals surface area contributed by atoms with Crippen LogP contribution in [0, 0.1) is 5.82 Å². The average molecular weight is 282 g/mol. The van der Waals surface area contributed by atoms with Crippen molar-refractivity contribution < 1.29 is 19.1 Å². The minimum atomic E-state index is -0.498. The average Bonchev–Trinajstić information content (AvgIpc) is 2.45. The molecule has 110 valence electrons. The van der Waals surface area contributed by atoms with Crippen molar-refractivity contribution in [2.75, 3.05) is 26.2 Å². The Morgan fingerprint density at radius 3 is 2.75 bits per heavy atom. The first-order chi connectivity index (χ1) is 9.58. The third-order valence-electron chi connectivity index (χ3n) is 2.81. The minimum Gasteiger partial charge on any atom is -0.396 e. The van der Waals surface area contributed by atoms with Gasteiger partial charge >= 0.3 is 0 Å². The lowest BCUT2D eigenvalue weighted by Crippen LogP contribution is -2.40. The molecule has 0 aliphatic carbocycles. The number of amides is 2. The molecule has 0 radical (unpaired) electrons. The van der Waals surface area contributed by atoms with Crippen molar-refractivity contribution in [1.29, 1.82) is 0 Å². The highest BCUT2D eigenvalue weighted by Crippen LogP contribution is 2.03. The molecule has 0 bridgehead atoms. The van der Waals surface area contributed by atoms with Crippen LogP contribution in [0.2, 0.25) is 0 Å². The highest BCUT2D eigenvalue weighted by atomic mass is 19.1. The predicted octanol–water partition coefficient (Wildman–Crippen LogP) is 0.786. The molecular formula is C14H19FN2O3. The quantitative estimate of drug-likeness (QED) is 0.776. The number of nitrogens with one attached hydrogen (secondary N) is 1. The van der Waals surface area contributed by atoms with Gasteiger partial charge in [-0.2, -0.15) is 0 Å². The number of likely N-dealkylation sites (N-methyl/N-ethyl adjacent to an activating group) is 1. The molecule has 0 fully saturated rings. The molecular weight excluding hydrogens is 263 g/mol. The van der Waals surface area contributed by atoms with Crippen LogP contribution in [0.25, 0.3) is 0 Å². The van der Waals surface area contributed by atoms with Crippen molar-refractivity contribution in [2.45, 2.75) is 13.3 Å². The van der Waals surface area contributed by atoms with Gasteiger partial charge in [-0.25, -0.2) is 4.39 Å². The first kappa shape index (κ1) is 16.1. The van der Waals surface area contributed by atoms with E-state index >= 15 is 0 Å². The van der Waals surface area contributed by atoms with Crippen molar-refractivity contribution in [3.05, 3.63) is 35.6 Å². The molecule has 0 aliphatic rings. The third kappa shape index (κ3) is 4.97. The largest absolute Gasteiger partial charge is 0.396 e. The summed E-state index contributed by atoms with van der Waals surface area (Å²) in [5, 5.41) is 11.2. The summed E-state index contributed by atoms with van der Waals surface area (Å²) in [7, 11) is 0. The van der Waals surface area contributed by atoms with E-state index in [-0.39, 0.29) is 24.6 Å². The number of aliphatic hydroxyl groups excluding tert-OH is 1. The number of halogens is 1. The van der Waals surface area contributed by atoms with E-state index in [4.69, 9.17) is 5.11 Å². The number of rotatable bonds is 7. The van der Waals surface area contributed by atoms with Crippen LogP contribution in [0.3, 0.4) is 0 Å². The van der Waals surface area contributed by atoms with Crippen molar-refractivity contribution in [3.8, 4) is 0 Å². The maximum atomic E-state index is 13.0. The number of hydrogen-bond donors (Lipinski definition) is 2. The van der Waals surface area contributed by atoms with Crippen LogP contribution in [0.1, 0.15) is 23.7 Å². The topological polar surface area (TPSA) is 69.6 Å². The Balaban J connectivity index is 2.49. The number of benzene rings is 1. The van der Waals surface area contributed by atoms with E-state index in [0.717, 1.165) is 6.07 Å².